The van der Waals surface area contributed by atoms with Crippen molar-refractivity contribution in [3.63, 3.8) is 0 Å². The van der Waals surface area contributed by atoms with Gasteiger partial charge in [-0.15, -0.1) is 0 Å². The highest BCUT2D eigenvalue weighted by molar-refractivity contribution is 7.89. The quantitative estimate of drug-likeness (QED) is 0.276. The molecule has 9 nitrogen and oxygen atoms in total. The third-order valence-electron chi connectivity index (χ3n) is 6.39. The molecule has 1 atom stereocenters. The summed E-state index contributed by atoms with van der Waals surface area (Å²) in [7, 11) is -1.15. The number of furan rings is 1. The number of methoxy groups -OCH3 is 2. The number of esters is 1. The Bertz CT molecular complexity index is 1610. The standard InChI is InChI=1S/C29H30N2O7S/c1-17(2)26(29(33)37-5)31-39(34,35)22-15-11-20(12-16-22)19-9-13-21(14-10-19)30-28(32)27-18(3)25-23(36-4)7-6-8-24(25)38-27/h6-17,26,31H,1-5H3,(H,30,32)/t26-/m0/s1. The average Bonchev–Trinajstić information content (AvgIpc) is 3.28. The number of sulfonamides is 1. The van der Waals surface area contributed by atoms with Crippen LogP contribution in [0.25, 0.3) is 22.1 Å². The number of carbonyl (C=O) groups excluding carboxylic acids is 2. The van der Waals surface area contributed by atoms with Gasteiger partial charge in [0.2, 0.25) is 10.0 Å². The third-order valence-corrected chi connectivity index (χ3v) is 7.84. The monoisotopic (exact) mass is 550 g/mol. The maximum Gasteiger partial charge on any atom is 0.324 e. The number of ether oxygens (including phenoxy) is 2. The molecule has 4 rings (SSSR count). The molecule has 1 heterocycles. The van der Waals surface area contributed by atoms with Gasteiger partial charge in [-0.05, 0) is 60.4 Å². The summed E-state index contributed by atoms with van der Waals surface area (Å²) in [5.41, 5.74) is 3.43. The number of nitrogens with one attached hydrogen (secondary N) is 2. The molecule has 204 valence electrons. The van der Waals surface area contributed by atoms with Gasteiger partial charge in [0.15, 0.2) is 5.76 Å². The Morgan fingerprint density at radius 1 is 0.897 bits per heavy atom. The smallest absolute Gasteiger partial charge is 0.324 e. The van der Waals surface area contributed by atoms with Crippen molar-refractivity contribution in [1.82, 2.24) is 4.72 Å². The fraction of sp³-hybridized carbons (Fsp3) is 0.241. The Morgan fingerprint density at radius 2 is 1.51 bits per heavy atom. The molecular formula is C29H30N2O7S. The fourth-order valence-corrected chi connectivity index (χ4v) is 5.56. The molecule has 0 saturated heterocycles. The van der Waals surface area contributed by atoms with Crippen molar-refractivity contribution in [3.8, 4) is 16.9 Å². The van der Waals surface area contributed by atoms with Crippen molar-refractivity contribution in [1.29, 1.82) is 0 Å². The second kappa shape index (κ2) is 11.3. The molecule has 3 aromatic carbocycles. The van der Waals surface area contributed by atoms with Crippen LogP contribution in [0.15, 0.2) is 76.0 Å². The van der Waals surface area contributed by atoms with Gasteiger partial charge in [0, 0.05) is 11.3 Å². The second-order valence-corrected chi connectivity index (χ2v) is 11.0. The van der Waals surface area contributed by atoms with Crippen LogP contribution >= 0.6 is 0 Å². The number of carbonyl (C=O) groups is 2. The van der Waals surface area contributed by atoms with Gasteiger partial charge in [-0.3, -0.25) is 9.59 Å². The first-order valence-corrected chi connectivity index (χ1v) is 13.7. The van der Waals surface area contributed by atoms with E-state index in [1.807, 2.05) is 25.1 Å². The summed E-state index contributed by atoms with van der Waals surface area (Å²) in [6.07, 6.45) is 0. The summed E-state index contributed by atoms with van der Waals surface area (Å²) >= 11 is 0. The molecule has 0 unspecified atom stereocenters. The van der Waals surface area contributed by atoms with Gasteiger partial charge in [-0.25, -0.2) is 8.42 Å². The second-order valence-electron chi connectivity index (χ2n) is 9.31. The van der Waals surface area contributed by atoms with Crippen LogP contribution in [-0.4, -0.2) is 40.6 Å². The van der Waals surface area contributed by atoms with Crippen molar-refractivity contribution >= 4 is 38.6 Å². The first-order chi connectivity index (χ1) is 18.6. The van der Waals surface area contributed by atoms with E-state index in [-0.39, 0.29) is 22.5 Å². The topological polar surface area (TPSA) is 124 Å². The van der Waals surface area contributed by atoms with E-state index in [1.54, 1.807) is 57.4 Å². The molecule has 0 spiro atoms. The molecule has 0 fully saturated rings. The predicted octanol–water partition coefficient (Wildman–Crippen LogP) is 5.15. The minimum atomic E-state index is -3.94. The summed E-state index contributed by atoms with van der Waals surface area (Å²) in [6.45, 7) is 5.27. The molecule has 1 amide bonds. The number of anilines is 1. The van der Waals surface area contributed by atoms with Gasteiger partial charge < -0.3 is 19.2 Å². The lowest BCUT2D eigenvalue weighted by Crippen LogP contribution is -2.44. The lowest BCUT2D eigenvalue weighted by atomic mass is 10.1. The SMILES string of the molecule is COC(=O)[C@@H](NS(=O)(=O)c1ccc(-c2ccc(NC(=O)c3oc4cccc(OC)c4c3C)cc2)cc1)C(C)C. The molecule has 0 aliphatic rings. The summed E-state index contributed by atoms with van der Waals surface area (Å²) in [5.74, 6) is -0.477. The van der Waals surface area contributed by atoms with Crippen LogP contribution in [0.3, 0.4) is 0 Å². The van der Waals surface area contributed by atoms with Crippen LogP contribution in [0.4, 0.5) is 5.69 Å². The van der Waals surface area contributed by atoms with E-state index < -0.39 is 22.0 Å². The summed E-state index contributed by atoms with van der Waals surface area (Å²) < 4.78 is 44.0. The third kappa shape index (κ3) is 5.81. The van der Waals surface area contributed by atoms with E-state index in [4.69, 9.17) is 13.9 Å². The Morgan fingerprint density at radius 3 is 2.08 bits per heavy atom. The van der Waals surface area contributed by atoms with Crippen LogP contribution in [0.2, 0.25) is 0 Å². The van der Waals surface area contributed by atoms with Crippen LogP contribution in [0.5, 0.6) is 5.75 Å². The zero-order chi connectivity index (χ0) is 28.3. The van der Waals surface area contributed by atoms with Crippen LogP contribution < -0.4 is 14.8 Å². The van der Waals surface area contributed by atoms with Crippen molar-refractivity contribution < 1.29 is 31.9 Å². The number of aryl methyl sites for hydroxylation is 1. The highest BCUT2D eigenvalue weighted by Crippen LogP contribution is 2.33. The molecule has 10 heteroatoms. The van der Waals surface area contributed by atoms with Gasteiger partial charge in [-0.1, -0.05) is 44.2 Å². The first-order valence-electron chi connectivity index (χ1n) is 12.2. The van der Waals surface area contributed by atoms with Crippen molar-refractivity contribution in [2.24, 2.45) is 5.92 Å². The molecule has 0 radical (unpaired) electrons. The largest absolute Gasteiger partial charge is 0.496 e. The van der Waals surface area contributed by atoms with Crippen molar-refractivity contribution in [2.75, 3.05) is 19.5 Å². The van der Waals surface area contributed by atoms with Gasteiger partial charge in [0.05, 0.1) is 24.5 Å². The van der Waals surface area contributed by atoms with Gasteiger partial charge in [0.1, 0.15) is 17.4 Å². The fourth-order valence-electron chi connectivity index (χ4n) is 4.23. The number of hydrogen-bond donors (Lipinski definition) is 2. The predicted molar refractivity (Wildman–Crippen MR) is 148 cm³/mol. The van der Waals surface area contributed by atoms with E-state index in [1.165, 1.54) is 19.2 Å². The minimum Gasteiger partial charge on any atom is -0.496 e. The maximum absolute atomic E-state index is 12.9. The van der Waals surface area contributed by atoms with Crippen LogP contribution in [-0.2, 0) is 19.6 Å². The number of hydrogen-bond acceptors (Lipinski definition) is 7. The lowest BCUT2D eigenvalue weighted by Gasteiger charge is -2.19. The maximum atomic E-state index is 12.9. The molecule has 39 heavy (non-hydrogen) atoms. The molecule has 0 aliphatic heterocycles. The lowest BCUT2D eigenvalue weighted by molar-refractivity contribution is -0.143. The van der Waals surface area contributed by atoms with E-state index in [2.05, 4.69) is 10.0 Å². The minimum absolute atomic E-state index is 0.0301. The molecule has 0 aliphatic carbocycles. The Labute approximate surface area is 227 Å². The molecule has 1 aromatic heterocycles. The molecule has 0 saturated carbocycles. The summed E-state index contributed by atoms with van der Waals surface area (Å²) in [6, 6.07) is 17.8. The van der Waals surface area contributed by atoms with Crippen LogP contribution in [0.1, 0.15) is 30.0 Å². The van der Waals surface area contributed by atoms with Gasteiger partial charge >= 0.3 is 5.97 Å². The van der Waals surface area contributed by atoms with Gasteiger partial charge in [0.25, 0.3) is 5.91 Å². The molecule has 4 aromatic rings. The first kappa shape index (κ1) is 27.9. The average molecular weight is 551 g/mol. The Balaban J connectivity index is 1.48. The normalized spacial score (nSPS) is 12.4. The number of fused-ring (bicyclic) bond motifs is 1. The van der Waals surface area contributed by atoms with E-state index >= 15 is 0 Å². The molecule has 2 N–H and O–H groups in total. The molecule has 0 bridgehead atoms. The van der Waals surface area contributed by atoms with Gasteiger partial charge in [-0.2, -0.15) is 4.72 Å². The Kier molecular flexibility index (Phi) is 8.08. The molecular weight excluding hydrogens is 520 g/mol. The van der Waals surface area contributed by atoms with E-state index in [0.29, 0.717) is 22.6 Å². The van der Waals surface area contributed by atoms with Crippen molar-refractivity contribution in [3.05, 3.63) is 78.1 Å². The van der Waals surface area contributed by atoms with Crippen LogP contribution in [0, 0.1) is 12.8 Å². The Hall–Kier alpha value is -4.15. The van der Waals surface area contributed by atoms with E-state index in [0.717, 1.165) is 16.5 Å². The zero-order valence-corrected chi connectivity index (χ0v) is 23.1. The highest BCUT2D eigenvalue weighted by Gasteiger charge is 2.29. The zero-order valence-electron chi connectivity index (χ0n) is 22.3. The summed E-state index contributed by atoms with van der Waals surface area (Å²) in [5, 5.41) is 3.60. The van der Waals surface area contributed by atoms with Crippen molar-refractivity contribution in [2.45, 2.75) is 31.7 Å². The summed E-state index contributed by atoms with van der Waals surface area (Å²) in [4.78, 5) is 24.9. The van der Waals surface area contributed by atoms with E-state index in [9.17, 15) is 18.0 Å². The number of rotatable bonds is 9. The highest BCUT2D eigenvalue weighted by atomic mass is 32.2. The number of benzene rings is 3. The number of amides is 1.